The molecule has 6 nitrogen and oxygen atoms in total. The van der Waals surface area contributed by atoms with Crippen LogP contribution in [0.15, 0.2) is 24.3 Å². The molecule has 0 radical (unpaired) electrons. The van der Waals surface area contributed by atoms with Crippen molar-refractivity contribution in [1.29, 1.82) is 0 Å². The molecule has 1 fully saturated rings. The minimum Gasteiger partial charge on any atom is -0.366 e. The third-order valence-corrected chi connectivity index (χ3v) is 2.99. The normalized spacial score (nSPS) is 18.4. The summed E-state index contributed by atoms with van der Waals surface area (Å²) in [4.78, 5) is 24.0. The van der Waals surface area contributed by atoms with Crippen LogP contribution in [0.1, 0.15) is 17.3 Å². The SMILES string of the molecule is CCNC(=O)c1ccccc1NC(=O)C1CNCCO1. The molecular weight excluding hydrogens is 258 g/mol. The number of nitrogens with one attached hydrogen (secondary N) is 3. The second-order valence-electron chi connectivity index (χ2n) is 4.46. The quantitative estimate of drug-likeness (QED) is 0.742. The molecule has 3 N–H and O–H groups in total. The molecule has 1 unspecified atom stereocenters. The van der Waals surface area contributed by atoms with Gasteiger partial charge in [0.1, 0.15) is 6.10 Å². The van der Waals surface area contributed by atoms with Crippen LogP contribution in [-0.2, 0) is 9.53 Å². The van der Waals surface area contributed by atoms with E-state index in [1.165, 1.54) is 0 Å². The zero-order valence-corrected chi connectivity index (χ0v) is 11.4. The summed E-state index contributed by atoms with van der Waals surface area (Å²) in [5.74, 6) is -0.444. The Hall–Kier alpha value is -1.92. The predicted octanol–water partition coefficient (Wildman–Crippen LogP) is 0.363. The minimum absolute atomic E-state index is 0.203. The van der Waals surface area contributed by atoms with Crippen molar-refractivity contribution >= 4 is 17.5 Å². The van der Waals surface area contributed by atoms with Gasteiger partial charge in [-0.2, -0.15) is 0 Å². The van der Waals surface area contributed by atoms with Crippen LogP contribution in [0.2, 0.25) is 0 Å². The number of benzene rings is 1. The third-order valence-electron chi connectivity index (χ3n) is 2.99. The number of para-hydroxylation sites is 1. The van der Waals surface area contributed by atoms with Gasteiger partial charge < -0.3 is 20.7 Å². The van der Waals surface area contributed by atoms with Gasteiger partial charge in [0, 0.05) is 19.6 Å². The summed E-state index contributed by atoms with van der Waals surface area (Å²) in [6.45, 7) is 4.13. The van der Waals surface area contributed by atoms with Gasteiger partial charge in [-0.25, -0.2) is 0 Å². The monoisotopic (exact) mass is 277 g/mol. The number of hydrogen-bond donors (Lipinski definition) is 3. The average Bonchev–Trinajstić information content (AvgIpc) is 2.49. The smallest absolute Gasteiger partial charge is 0.254 e. The summed E-state index contributed by atoms with van der Waals surface area (Å²) in [5, 5.41) is 8.57. The van der Waals surface area contributed by atoms with E-state index in [0.717, 1.165) is 6.54 Å². The molecule has 1 aromatic rings. The number of carbonyl (C=O) groups is 2. The first-order valence-corrected chi connectivity index (χ1v) is 6.72. The number of morpholine rings is 1. The van der Waals surface area contributed by atoms with Crippen molar-refractivity contribution in [3.8, 4) is 0 Å². The first-order valence-electron chi connectivity index (χ1n) is 6.72. The van der Waals surface area contributed by atoms with Gasteiger partial charge >= 0.3 is 0 Å². The summed E-state index contributed by atoms with van der Waals surface area (Å²) < 4.78 is 5.38. The summed E-state index contributed by atoms with van der Waals surface area (Å²) in [6, 6.07) is 6.93. The molecule has 0 aromatic heterocycles. The molecule has 0 bridgehead atoms. The van der Waals surface area contributed by atoms with E-state index in [1.807, 2.05) is 6.92 Å². The van der Waals surface area contributed by atoms with Crippen molar-refractivity contribution in [2.75, 3.05) is 31.6 Å². The van der Waals surface area contributed by atoms with Crippen molar-refractivity contribution in [3.63, 3.8) is 0 Å². The molecule has 1 saturated heterocycles. The van der Waals surface area contributed by atoms with Crippen molar-refractivity contribution in [3.05, 3.63) is 29.8 Å². The van der Waals surface area contributed by atoms with Gasteiger partial charge in [0.05, 0.1) is 17.9 Å². The fraction of sp³-hybridized carbons (Fsp3) is 0.429. The highest BCUT2D eigenvalue weighted by molar-refractivity contribution is 6.04. The maximum Gasteiger partial charge on any atom is 0.254 e. The molecule has 1 aromatic carbocycles. The number of ether oxygens (including phenoxy) is 1. The lowest BCUT2D eigenvalue weighted by Crippen LogP contribution is -2.45. The van der Waals surface area contributed by atoms with Gasteiger partial charge in [-0.1, -0.05) is 12.1 Å². The summed E-state index contributed by atoms with van der Waals surface area (Å²) >= 11 is 0. The molecule has 2 amide bonds. The predicted molar refractivity (Wildman–Crippen MR) is 75.7 cm³/mol. The number of amides is 2. The Kier molecular flexibility index (Phi) is 5.09. The van der Waals surface area contributed by atoms with E-state index in [2.05, 4.69) is 16.0 Å². The van der Waals surface area contributed by atoms with Crippen molar-refractivity contribution in [1.82, 2.24) is 10.6 Å². The van der Waals surface area contributed by atoms with Crippen LogP contribution in [-0.4, -0.2) is 44.2 Å². The van der Waals surface area contributed by atoms with Crippen molar-refractivity contribution in [2.24, 2.45) is 0 Å². The molecule has 0 aliphatic carbocycles. The molecule has 2 rings (SSSR count). The zero-order chi connectivity index (χ0) is 14.4. The topological polar surface area (TPSA) is 79.5 Å². The summed E-state index contributed by atoms with van der Waals surface area (Å²) in [7, 11) is 0. The molecule has 0 saturated carbocycles. The van der Waals surface area contributed by atoms with Crippen LogP contribution in [0.25, 0.3) is 0 Å². The van der Waals surface area contributed by atoms with Crippen LogP contribution in [0.3, 0.4) is 0 Å². The van der Waals surface area contributed by atoms with Gasteiger partial charge in [0.25, 0.3) is 11.8 Å². The first-order chi connectivity index (χ1) is 9.72. The van der Waals surface area contributed by atoms with Crippen molar-refractivity contribution in [2.45, 2.75) is 13.0 Å². The van der Waals surface area contributed by atoms with Gasteiger partial charge in [-0.05, 0) is 19.1 Å². The maximum absolute atomic E-state index is 12.1. The molecule has 6 heteroatoms. The van der Waals surface area contributed by atoms with E-state index in [9.17, 15) is 9.59 Å². The van der Waals surface area contributed by atoms with Gasteiger partial charge in [-0.3, -0.25) is 9.59 Å². The largest absolute Gasteiger partial charge is 0.366 e. The second-order valence-corrected chi connectivity index (χ2v) is 4.46. The average molecular weight is 277 g/mol. The van der Waals surface area contributed by atoms with Crippen LogP contribution >= 0.6 is 0 Å². The highest BCUT2D eigenvalue weighted by Gasteiger charge is 2.23. The number of hydrogen-bond acceptors (Lipinski definition) is 4. The van der Waals surface area contributed by atoms with E-state index in [4.69, 9.17) is 4.74 Å². The molecule has 20 heavy (non-hydrogen) atoms. The minimum atomic E-state index is -0.522. The van der Waals surface area contributed by atoms with E-state index in [-0.39, 0.29) is 11.8 Å². The third kappa shape index (κ3) is 3.55. The molecule has 1 aliphatic heterocycles. The fourth-order valence-electron chi connectivity index (χ4n) is 1.99. The lowest BCUT2D eigenvalue weighted by Gasteiger charge is -2.23. The van der Waals surface area contributed by atoms with E-state index in [1.54, 1.807) is 24.3 Å². The van der Waals surface area contributed by atoms with Crippen molar-refractivity contribution < 1.29 is 14.3 Å². The fourth-order valence-corrected chi connectivity index (χ4v) is 1.99. The number of anilines is 1. The molecular formula is C14H19N3O3. The Balaban J connectivity index is 2.08. The van der Waals surface area contributed by atoms with Crippen LogP contribution in [0.5, 0.6) is 0 Å². The maximum atomic E-state index is 12.1. The van der Waals surface area contributed by atoms with Gasteiger partial charge in [0.2, 0.25) is 0 Å². The molecule has 108 valence electrons. The highest BCUT2D eigenvalue weighted by atomic mass is 16.5. The standard InChI is InChI=1S/C14H19N3O3/c1-2-16-13(18)10-5-3-4-6-11(10)17-14(19)12-9-15-7-8-20-12/h3-6,12,15H,2,7-9H2,1H3,(H,16,18)(H,17,19). The molecule has 1 atom stereocenters. The Bertz CT molecular complexity index is 484. The van der Waals surface area contributed by atoms with E-state index >= 15 is 0 Å². The Morgan fingerprint density at radius 1 is 1.40 bits per heavy atom. The Morgan fingerprint density at radius 2 is 2.20 bits per heavy atom. The zero-order valence-electron chi connectivity index (χ0n) is 11.4. The first kappa shape index (κ1) is 14.5. The lowest BCUT2D eigenvalue weighted by atomic mass is 10.1. The second kappa shape index (κ2) is 7.02. The van der Waals surface area contributed by atoms with Crippen LogP contribution in [0.4, 0.5) is 5.69 Å². The molecule has 0 spiro atoms. The number of rotatable bonds is 4. The van der Waals surface area contributed by atoms with Crippen LogP contribution < -0.4 is 16.0 Å². The lowest BCUT2D eigenvalue weighted by molar-refractivity contribution is -0.128. The Morgan fingerprint density at radius 3 is 2.90 bits per heavy atom. The highest BCUT2D eigenvalue weighted by Crippen LogP contribution is 2.15. The van der Waals surface area contributed by atoms with Gasteiger partial charge in [-0.15, -0.1) is 0 Å². The van der Waals surface area contributed by atoms with Gasteiger partial charge in [0.15, 0.2) is 0 Å². The molecule has 1 aliphatic rings. The molecule has 1 heterocycles. The van der Waals surface area contributed by atoms with E-state index < -0.39 is 6.10 Å². The summed E-state index contributed by atoms with van der Waals surface area (Å²) in [6.07, 6.45) is -0.522. The number of carbonyl (C=O) groups excluding carboxylic acids is 2. The van der Waals surface area contributed by atoms with Crippen LogP contribution in [0, 0.1) is 0 Å². The Labute approximate surface area is 117 Å². The summed E-state index contributed by atoms with van der Waals surface area (Å²) in [5.41, 5.74) is 0.948. The van der Waals surface area contributed by atoms with E-state index in [0.29, 0.717) is 30.9 Å².